The fourth-order valence-electron chi connectivity index (χ4n) is 3.83. The standard InChI is InChI=1S/C19H18FN9O2/c20-12-7-23-18-15(16(21)26-29(18)9-12)19(30)25-13-8-22-4-1-14(13)28-5-2-11(3-6-28)17-24-10-31-27-17/h1,4,7-11H,2-3,5-6H2,(H2,21,26)(H,25,30). The van der Waals surface area contributed by atoms with Crippen LogP contribution < -0.4 is 16.0 Å². The Morgan fingerprint density at radius 2 is 2.10 bits per heavy atom. The summed E-state index contributed by atoms with van der Waals surface area (Å²) in [5.41, 5.74) is 7.51. The second-order valence-corrected chi connectivity index (χ2v) is 7.20. The minimum Gasteiger partial charge on any atom is -0.381 e. The van der Waals surface area contributed by atoms with E-state index < -0.39 is 11.7 Å². The van der Waals surface area contributed by atoms with E-state index in [0.29, 0.717) is 5.69 Å². The van der Waals surface area contributed by atoms with Gasteiger partial charge in [-0.1, -0.05) is 5.16 Å². The molecule has 0 bridgehead atoms. The molecule has 3 N–H and O–H groups in total. The van der Waals surface area contributed by atoms with Crippen LogP contribution in [0.3, 0.4) is 0 Å². The number of pyridine rings is 1. The minimum atomic E-state index is -0.583. The van der Waals surface area contributed by atoms with E-state index in [4.69, 9.17) is 10.3 Å². The van der Waals surface area contributed by atoms with Crippen LogP contribution in [-0.4, -0.2) is 48.7 Å². The van der Waals surface area contributed by atoms with Crippen LogP contribution in [0, 0.1) is 5.82 Å². The highest BCUT2D eigenvalue weighted by atomic mass is 19.1. The van der Waals surface area contributed by atoms with Crippen LogP contribution in [0.5, 0.6) is 0 Å². The van der Waals surface area contributed by atoms with Crippen molar-refractivity contribution in [2.75, 3.05) is 29.0 Å². The number of carbonyl (C=O) groups excluding carboxylic acids is 1. The van der Waals surface area contributed by atoms with Gasteiger partial charge in [-0.05, 0) is 18.9 Å². The smallest absolute Gasteiger partial charge is 0.263 e. The Labute approximate surface area is 175 Å². The molecule has 1 amide bonds. The van der Waals surface area contributed by atoms with Crippen LogP contribution in [0.2, 0.25) is 0 Å². The van der Waals surface area contributed by atoms with Gasteiger partial charge in [-0.3, -0.25) is 9.78 Å². The molecule has 12 heteroatoms. The Bertz CT molecular complexity index is 1230. The zero-order valence-electron chi connectivity index (χ0n) is 16.3. The summed E-state index contributed by atoms with van der Waals surface area (Å²) >= 11 is 0. The van der Waals surface area contributed by atoms with E-state index in [1.54, 1.807) is 12.4 Å². The lowest BCUT2D eigenvalue weighted by atomic mass is 9.96. The van der Waals surface area contributed by atoms with Gasteiger partial charge >= 0.3 is 0 Å². The van der Waals surface area contributed by atoms with Crippen LogP contribution in [0.15, 0.2) is 41.8 Å². The molecule has 0 atom stereocenters. The summed E-state index contributed by atoms with van der Waals surface area (Å²) in [6, 6.07) is 1.84. The molecule has 158 valence electrons. The van der Waals surface area contributed by atoms with Crippen LogP contribution in [0.25, 0.3) is 5.65 Å². The highest BCUT2D eigenvalue weighted by Crippen LogP contribution is 2.32. The number of nitrogens with one attached hydrogen (secondary N) is 1. The molecule has 0 radical (unpaired) electrons. The van der Waals surface area contributed by atoms with Gasteiger partial charge in [0.15, 0.2) is 23.1 Å². The number of anilines is 3. The molecule has 31 heavy (non-hydrogen) atoms. The number of carbonyl (C=O) groups is 1. The molecule has 1 saturated heterocycles. The second kappa shape index (κ2) is 7.63. The summed E-state index contributed by atoms with van der Waals surface area (Å²) in [6.07, 6.45) is 8.41. The van der Waals surface area contributed by atoms with Crippen molar-refractivity contribution in [1.29, 1.82) is 0 Å². The largest absolute Gasteiger partial charge is 0.381 e. The fraction of sp³-hybridized carbons (Fsp3) is 0.263. The van der Waals surface area contributed by atoms with Gasteiger partial charge in [-0.25, -0.2) is 13.9 Å². The molecule has 5 rings (SSSR count). The Balaban J connectivity index is 1.37. The molecule has 4 aromatic heterocycles. The highest BCUT2D eigenvalue weighted by molar-refractivity contribution is 6.12. The van der Waals surface area contributed by atoms with E-state index in [1.165, 1.54) is 6.39 Å². The molecule has 0 aliphatic carbocycles. The van der Waals surface area contributed by atoms with Crippen LogP contribution in [-0.2, 0) is 0 Å². The van der Waals surface area contributed by atoms with Crippen molar-refractivity contribution in [3.8, 4) is 0 Å². The number of nitrogen functional groups attached to an aromatic ring is 1. The number of amides is 1. The first-order valence-corrected chi connectivity index (χ1v) is 9.66. The quantitative estimate of drug-likeness (QED) is 0.503. The maximum Gasteiger partial charge on any atom is 0.263 e. The van der Waals surface area contributed by atoms with Gasteiger partial charge in [0, 0.05) is 25.2 Å². The van der Waals surface area contributed by atoms with Gasteiger partial charge in [0.05, 0.1) is 30.0 Å². The molecule has 1 fully saturated rings. The molecule has 0 saturated carbocycles. The monoisotopic (exact) mass is 423 g/mol. The van der Waals surface area contributed by atoms with Crippen LogP contribution in [0.1, 0.15) is 34.9 Å². The van der Waals surface area contributed by atoms with Crippen molar-refractivity contribution >= 4 is 28.7 Å². The van der Waals surface area contributed by atoms with Crippen molar-refractivity contribution in [2.45, 2.75) is 18.8 Å². The first-order chi connectivity index (χ1) is 15.1. The van der Waals surface area contributed by atoms with E-state index in [0.717, 1.165) is 54.4 Å². The van der Waals surface area contributed by atoms with Gasteiger partial charge in [0.25, 0.3) is 5.91 Å². The lowest BCUT2D eigenvalue weighted by molar-refractivity contribution is 0.102. The highest BCUT2D eigenvalue weighted by Gasteiger charge is 2.26. The molecular weight excluding hydrogens is 405 g/mol. The zero-order valence-corrected chi connectivity index (χ0v) is 16.3. The number of hydrogen-bond donors (Lipinski definition) is 2. The van der Waals surface area contributed by atoms with E-state index in [2.05, 4.69) is 35.4 Å². The first kappa shape index (κ1) is 18.9. The predicted octanol–water partition coefficient (Wildman–Crippen LogP) is 1.86. The number of hydrogen-bond acceptors (Lipinski definition) is 9. The summed E-state index contributed by atoms with van der Waals surface area (Å²) in [6.45, 7) is 1.51. The predicted molar refractivity (Wildman–Crippen MR) is 108 cm³/mol. The summed E-state index contributed by atoms with van der Waals surface area (Å²) < 4.78 is 19.4. The molecule has 1 aliphatic heterocycles. The number of piperidine rings is 1. The molecular formula is C19H18FN9O2. The third kappa shape index (κ3) is 3.52. The van der Waals surface area contributed by atoms with Crippen molar-refractivity contribution in [1.82, 2.24) is 29.7 Å². The lowest BCUT2D eigenvalue weighted by Crippen LogP contribution is -2.34. The average molecular weight is 423 g/mol. The van der Waals surface area contributed by atoms with Gasteiger partial charge < -0.3 is 20.5 Å². The first-order valence-electron chi connectivity index (χ1n) is 9.66. The second-order valence-electron chi connectivity index (χ2n) is 7.20. The number of rotatable bonds is 4. The fourth-order valence-corrected chi connectivity index (χ4v) is 3.83. The summed E-state index contributed by atoms with van der Waals surface area (Å²) in [5.74, 6) is -0.166. The van der Waals surface area contributed by atoms with Gasteiger partial charge in [-0.2, -0.15) is 4.98 Å². The third-order valence-electron chi connectivity index (χ3n) is 5.32. The molecule has 11 nitrogen and oxygen atoms in total. The van der Waals surface area contributed by atoms with Crippen molar-refractivity contribution < 1.29 is 13.7 Å². The molecule has 4 aromatic rings. The van der Waals surface area contributed by atoms with E-state index in [-0.39, 0.29) is 22.9 Å². The Morgan fingerprint density at radius 3 is 2.87 bits per heavy atom. The summed E-state index contributed by atoms with van der Waals surface area (Å²) in [5, 5.41) is 10.8. The molecule has 0 unspecified atom stereocenters. The van der Waals surface area contributed by atoms with Gasteiger partial charge in [-0.15, -0.1) is 5.10 Å². The number of halogens is 1. The topological polar surface area (TPSA) is 140 Å². The molecule has 5 heterocycles. The number of fused-ring (bicyclic) bond motifs is 1. The Kier molecular flexibility index (Phi) is 4.65. The average Bonchev–Trinajstić information content (AvgIpc) is 3.41. The summed E-state index contributed by atoms with van der Waals surface area (Å²) in [7, 11) is 0. The number of nitrogens with two attached hydrogens (primary N) is 1. The van der Waals surface area contributed by atoms with E-state index in [9.17, 15) is 9.18 Å². The number of aromatic nitrogens is 6. The van der Waals surface area contributed by atoms with Gasteiger partial charge in [0.1, 0.15) is 5.56 Å². The van der Waals surface area contributed by atoms with Crippen molar-refractivity contribution in [3.05, 3.63) is 54.5 Å². The Morgan fingerprint density at radius 1 is 1.26 bits per heavy atom. The lowest BCUT2D eigenvalue weighted by Gasteiger charge is -2.33. The van der Waals surface area contributed by atoms with Crippen LogP contribution >= 0.6 is 0 Å². The van der Waals surface area contributed by atoms with E-state index >= 15 is 0 Å². The summed E-state index contributed by atoms with van der Waals surface area (Å²) in [4.78, 5) is 27.4. The zero-order chi connectivity index (χ0) is 21.4. The van der Waals surface area contributed by atoms with Crippen molar-refractivity contribution in [3.63, 3.8) is 0 Å². The normalized spacial score (nSPS) is 14.8. The Hall–Kier alpha value is -4.09. The van der Waals surface area contributed by atoms with Gasteiger partial charge in [0.2, 0.25) is 6.39 Å². The minimum absolute atomic E-state index is 0.0398. The maximum absolute atomic E-state index is 13.4. The van der Waals surface area contributed by atoms with Crippen molar-refractivity contribution in [2.24, 2.45) is 0 Å². The molecule has 0 aromatic carbocycles. The molecule has 1 aliphatic rings. The third-order valence-corrected chi connectivity index (χ3v) is 5.32. The number of nitrogens with zero attached hydrogens (tertiary/aromatic N) is 7. The van der Waals surface area contributed by atoms with Crippen LogP contribution in [0.4, 0.5) is 21.6 Å². The molecule has 0 spiro atoms. The maximum atomic E-state index is 13.4. The van der Waals surface area contributed by atoms with E-state index in [1.807, 2.05) is 6.07 Å². The SMILES string of the molecule is Nc1nn2cc(F)cnc2c1C(=O)Nc1cnccc1N1CCC(c2ncon2)CC1.